The molecular weight excluding hydrogens is 407 g/mol. The van der Waals surface area contributed by atoms with E-state index in [1.54, 1.807) is 12.4 Å². The van der Waals surface area contributed by atoms with Gasteiger partial charge in [0.25, 0.3) is 0 Å². The van der Waals surface area contributed by atoms with Crippen molar-refractivity contribution in [3.8, 4) is 0 Å². The Labute approximate surface area is 170 Å². The summed E-state index contributed by atoms with van der Waals surface area (Å²) in [6, 6.07) is 3.86. The summed E-state index contributed by atoms with van der Waals surface area (Å²) >= 11 is 0. The van der Waals surface area contributed by atoms with E-state index >= 15 is 0 Å². The van der Waals surface area contributed by atoms with Gasteiger partial charge in [-0.3, -0.25) is 14.6 Å². The molecule has 4 heterocycles. The smallest absolute Gasteiger partial charge is 0.475 e. The minimum atomic E-state index is -5.08. The first-order chi connectivity index (χ1) is 14.2. The standard InChI is InChI=1S/C17H21N3O3.C2HF3O2/c21-16-10-15-14(20(16)13-2-1-6-18-11-13)3-7-19(15)17(22)12-4-8-23-9-5-12;3-2(4,5)1(6)7/h1-2,6,11-12,14-15H,3-5,7-10H2;(H,6,7)/t14-,15+;/m1./s1. The molecule has 0 bridgehead atoms. The van der Waals surface area contributed by atoms with E-state index in [1.807, 2.05) is 21.9 Å². The molecule has 30 heavy (non-hydrogen) atoms. The van der Waals surface area contributed by atoms with Gasteiger partial charge in [0.15, 0.2) is 0 Å². The van der Waals surface area contributed by atoms with Crippen LogP contribution in [-0.4, -0.2) is 70.8 Å². The van der Waals surface area contributed by atoms with Crippen LogP contribution in [-0.2, 0) is 19.1 Å². The van der Waals surface area contributed by atoms with Crippen LogP contribution in [0.5, 0.6) is 0 Å². The number of halogens is 3. The number of carboxylic acid groups (broad SMARTS) is 1. The van der Waals surface area contributed by atoms with Crippen molar-refractivity contribution >= 4 is 23.5 Å². The molecule has 1 aromatic rings. The third-order valence-electron chi connectivity index (χ3n) is 5.51. The molecule has 0 saturated carbocycles. The number of pyridine rings is 1. The predicted molar refractivity (Wildman–Crippen MR) is 97.5 cm³/mol. The van der Waals surface area contributed by atoms with Crippen LogP contribution in [0.25, 0.3) is 0 Å². The summed E-state index contributed by atoms with van der Waals surface area (Å²) in [6.07, 6.45) is 1.22. The average Bonchev–Trinajstić information content (AvgIpc) is 3.26. The Morgan fingerprint density at radius 1 is 1.17 bits per heavy atom. The maximum Gasteiger partial charge on any atom is 0.490 e. The molecule has 1 aromatic heterocycles. The van der Waals surface area contributed by atoms with Crippen LogP contribution in [0.2, 0.25) is 0 Å². The molecule has 0 unspecified atom stereocenters. The third kappa shape index (κ3) is 4.72. The average molecular weight is 429 g/mol. The molecule has 8 nitrogen and oxygen atoms in total. The minimum absolute atomic E-state index is 0.0121. The molecule has 164 valence electrons. The SMILES string of the molecule is O=C(C1CCOCC1)N1CC[C@@H]2[C@@H]1CC(=O)N2c1cccnc1.O=C(O)C(F)(F)F. The highest BCUT2D eigenvalue weighted by Gasteiger charge is 2.49. The number of amides is 2. The molecule has 2 atom stereocenters. The number of carbonyl (C=O) groups is 3. The van der Waals surface area contributed by atoms with E-state index in [1.165, 1.54) is 0 Å². The Kier molecular flexibility index (Phi) is 6.59. The van der Waals surface area contributed by atoms with Crippen molar-refractivity contribution in [3.05, 3.63) is 24.5 Å². The van der Waals surface area contributed by atoms with Crippen LogP contribution >= 0.6 is 0 Å². The van der Waals surface area contributed by atoms with Gasteiger partial charge in [-0.15, -0.1) is 0 Å². The quantitative estimate of drug-likeness (QED) is 0.770. The highest BCUT2D eigenvalue weighted by atomic mass is 19.4. The Morgan fingerprint density at radius 3 is 2.40 bits per heavy atom. The number of nitrogens with zero attached hydrogens (tertiary/aromatic N) is 3. The van der Waals surface area contributed by atoms with Gasteiger partial charge in [0.1, 0.15) is 0 Å². The first kappa shape index (κ1) is 22.0. The number of likely N-dealkylation sites (tertiary alicyclic amines) is 1. The van der Waals surface area contributed by atoms with Crippen molar-refractivity contribution in [2.45, 2.75) is 43.9 Å². The molecule has 3 aliphatic rings. The normalized spacial score (nSPS) is 24.3. The van der Waals surface area contributed by atoms with E-state index in [0.29, 0.717) is 19.6 Å². The summed E-state index contributed by atoms with van der Waals surface area (Å²) < 4.78 is 37.1. The molecule has 0 radical (unpaired) electrons. The second-order valence-electron chi connectivity index (χ2n) is 7.32. The third-order valence-corrected chi connectivity index (χ3v) is 5.51. The molecule has 4 rings (SSSR count). The second kappa shape index (κ2) is 8.99. The van der Waals surface area contributed by atoms with Gasteiger partial charge in [0.2, 0.25) is 11.8 Å². The van der Waals surface area contributed by atoms with Gasteiger partial charge in [-0.1, -0.05) is 0 Å². The minimum Gasteiger partial charge on any atom is -0.475 e. The first-order valence-corrected chi connectivity index (χ1v) is 9.60. The Bertz CT molecular complexity index is 783. The van der Waals surface area contributed by atoms with E-state index in [0.717, 1.165) is 31.5 Å². The van der Waals surface area contributed by atoms with Gasteiger partial charge in [-0.25, -0.2) is 4.79 Å². The highest BCUT2D eigenvalue weighted by Crippen LogP contribution is 2.37. The van der Waals surface area contributed by atoms with Crippen LogP contribution in [0.1, 0.15) is 25.7 Å². The second-order valence-corrected chi connectivity index (χ2v) is 7.32. The number of carboxylic acids is 1. The van der Waals surface area contributed by atoms with Crippen LogP contribution in [0.3, 0.4) is 0 Å². The highest BCUT2D eigenvalue weighted by molar-refractivity contribution is 5.98. The molecule has 3 saturated heterocycles. The number of carbonyl (C=O) groups excluding carboxylic acids is 2. The number of hydrogen-bond donors (Lipinski definition) is 1. The van der Waals surface area contributed by atoms with Gasteiger partial charge < -0.3 is 19.6 Å². The maximum atomic E-state index is 12.8. The molecule has 3 fully saturated rings. The topological polar surface area (TPSA) is 100 Å². The molecule has 0 spiro atoms. The van der Waals surface area contributed by atoms with Gasteiger partial charge in [-0.2, -0.15) is 13.2 Å². The number of anilines is 1. The number of fused-ring (bicyclic) bond motifs is 1. The van der Waals surface area contributed by atoms with Crippen molar-refractivity contribution in [2.75, 3.05) is 24.7 Å². The van der Waals surface area contributed by atoms with Gasteiger partial charge in [-0.05, 0) is 31.4 Å². The Hall–Kier alpha value is -2.69. The van der Waals surface area contributed by atoms with Crippen molar-refractivity contribution in [1.29, 1.82) is 0 Å². The van der Waals surface area contributed by atoms with Crippen molar-refractivity contribution < 1.29 is 37.4 Å². The Balaban J connectivity index is 0.000000318. The summed E-state index contributed by atoms with van der Waals surface area (Å²) in [6.45, 7) is 2.08. The number of aromatic nitrogens is 1. The summed E-state index contributed by atoms with van der Waals surface area (Å²) in [5.41, 5.74) is 0.838. The molecule has 11 heteroatoms. The number of ether oxygens (including phenoxy) is 1. The zero-order chi connectivity index (χ0) is 21.9. The van der Waals surface area contributed by atoms with Crippen molar-refractivity contribution in [1.82, 2.24) is 9.88 Å². The van der Waals surface area contributed by atoms with Crippen LogP contribution < -0.4 is 4.90 Å². The zero-order valence-electron chi connectivity index (χ0n) is 16.0. The molecule has 0 aliphatic carbocycles. The molecule has 2 amide bonds. The summed E-state index contributed by atoms with van der Waals surface area (Å²) in [5, 5.41) is 7.12. The van der Waals surface area contributed by atoms with E-state index in [2.05, 4.69) is 4.98 Å². The lowest BCUT2D eigenvalue weighted by Gasteiger charge is -2.30. The molecular formula is C19H22F3N3O5. The fraction of sp³-hybridized carbons (Fsp3) is 0.579. The van der Waals surface area contributed by atoms with Crippen LogP contribution in [0.15, 0.2) is 24.5 Å². The van der Waals surface area contributed by atoms with Gasteiger partial charge in [0, 0.05) is 38.3 Å². The number of rotatable bonds is 2. The van der Waals surface area contributed by atoms with Gasteiger partial charge >= 0.3 is 12.1 Å². The lowest BCUT2D eigenvalue weighted by Crippen LogP contribution is -2.43. The largest absolute Gasteiger partial charge is 0.490 e. The Morgan fingerprint density at radius 2 is 1.83 bits per heavy atom. The predicted octanol–water partition coefficient (Wildman–Crippen LogP) is 1.85. The molecule has 0 aromatic carbocycles. The fourth-order valence-electron chi connectivity index (χ4n) is 4.13. The maximum absolute atomic E-state index is 12.8. The monoisotopic (exact) mass is 429 g/mol. The first-order valence-electron chi connectivity index (χ1n) is 9.60. The number of hydrogen-bond acceptors (Lipinski definition) is 5. The zero-order valence-corrected chi connectivity index (χ0v) is 16.0. The van der Waals surface area contributed by atoms with E-state index in [4.69, 9.17) is 14.6 Å². The fourth-order valence-corrected chi connectivity index (χ4v) is 4.13. The molecule has 1 N–H and O–H groups in total. The number of alkyl halides is 3. The summed E-state index contributed by atoms with van der Waals surface area (Å²) in [4.78, 5) is 42.1. The van der Waals surface area contributed by atoms with E-state index in [9.17, 15) is 22.8 Å². The van der Waals surface area contributed by atoms with Gasteiger partial charge in [0.05, 0.1) is 24.0 Å². The van der Waals surface area contributed by atoms with Crippen LogP contribution in [0.4, 0.5) is 18.9 Å². The summed E-state index contributed by atoms with van der Waals surface area (Å²) in [5.74, 6) is -2.39. The van der Waals surface area contributed by atoms with Crippen molar-refractivity contribution in [2.24, 2.45) is 5.92 Å². The summed E-state index contributed by atoms with van der Waals surface area (Å²) in [7, 11) is 0. The molecule has 3 aliphatic heterocycles. The van der Waals surface area contributed by atoms with Crippen LogP contribution in [0, 0.1) is 5.92 Å². The van der Waals surface area contributed by atoms with E-state index < -0.39 is 12.1 Å². The van der Waals surface area contributed by atoms with E-state index in [-0.39, 0.29) is 29.8 Å². The lowest BCUT2D eigenvalue weighted by molar-refractivity contribution is -0.192. The lowest BCUT2D eigenvalue weighted by atomic mass is 9.98. The van der Waals surface area contributed by atoms with Crippen molar-refractivity contribution in [3.63, 3.8) is 0 Å². The number of aliphatic carboxylic acids is 1.